The van der Waals surface area contributed by atoms with Crippen LogP contribution in [-0.2, 0) is 11.3 Å². The molecule has 0 aliphatic carbocycles. The van der Waals surface area contributed by atoms with Crippen molar-refractivity contribution in [2.75, 3.05) is 13.7 Å². The molecule has 2 atom stereocenters. The van der Waals surface area contributed by atoms with Gasteiger partial charge in [0.25, 0.3) is 5.91 Å². The Hall–Kier alpha value is -2.41. The molecule has 1 amide bonds. The van der Waals surface area contributed by atoms with Gasteiger partial charge in [0.2, 0.25) is 5.88 Å². The summed E-state index contributed by atoms with van der Waals surface area (Å²) in [6, 6.07) is 5.36. The van der Waals surface area contributed by atoms with Crippen molar-refractivity contribution in [1.82, 2.24) is 20.1 Å². The van der Waals surface area contributed by atoms with Crippen molar-refractivity contribution in [3.63, 3.8) is 0 Å². The predicted molar refractivity (Wildman–Crippen MR) is 88.0 cm³/mol. The lowest BCUT2D eigenvalue weighted by Crippen LogP contribution is -2.37. The molecule has 2 aromatic rings. The normalized spacial score (nSPS) is 20.1. The zero-order valence-corrected chi connectivity index (χ0v) is 14.2. The topological polar surface area (TPSA) is 78.3 Å². The van der Waals surface area contributed by atoms with Crippen molar-refractivity contribution in [3.8, 4) is 5.88 Å². The standard InChI is InChI=1S/C17H22N4O3/c1-4-21-14(7-9-18-21)15-13(8-10-24-15)20-16(22)12-6-5-11(2)19-17(12)23-3/h5-7,9,13,15H,4,8,10H2,1-3H3,(H,20,22)/t13-,15-/m0/s1. The first-order chi connectivity index (χ1) is 11.6. The van der Waals surface area contributed by atoms with Gasteiger partial charge in [0.05, 0.1) is 18.8 Å². The number of rotatable bonds is 5. The van der Waals surface area contributed by atoms with Gasteiger partial charge in [0.1, 0.15) is 11.7 Å². The summed E-state index contributed by atoms with van der Waals surface area (Å²) < 4.78 is 13.0. The van der Waals surface area contributed by atoms with Crippen LogP contribution in [0.2, 0.25) is 0 Å². The van der Waals surface area contributed by atoms with E-state index in [1.807, 2.05) is 24.6 Å². The summed E-state index contributed by atoms with van der Waals surface area (Å²) in [5.41, 5.74) is 2.21. The summed E-state index contributed by atoms with van der Waals surface area (Å²) in [5, 5.41) is 7.34. The molecular formula is C17H22N4O3. The number of aryl methyl sites for hydroxylation is 2. The monoisotopic (exact) mass is 330 g/mol. The van der Waals surface area contributed by atoms with Crippen LogP contribution < -0.4 is 10.1 Å². The molecule has 1 saturated heterocycles. The molecule has 1 aliphatic heterocycles. The Morgan fingerprint density at radius 2 is 2.29 bits per heavy atom. The molecule has 0 unspecified atom stereocenters. The zero-order chi connectivity index (χ0) is 17.1. The number of carbonyl (C=O) groups is 1. The van der Waals surface area contributed by atoms with Gasteiger partial charge < -0.3 is 14.8 Å². The summed E-state index contributed by atoms with van der Waals surface area (Å²) in [6.07, 6.45) is 2.32. The van der Waals surface area contributed by atoms with Gasteiger partial charge in [-0.15, -0.1) is 0 Å². The quantitative estimate of drug-likeness (QED) is 0.905. The van der Waals surface area contributed by atoms with Gasteiger partial charge in [0.15, 0.2) is 0 Å². The number of nitrogens with one attached hydrogen (secondary N) is 1. The molecule has 24 heavy (non-hydrogen) atoms. The molecule has 2 aromatic heterocycles. The molecule has 3 heterocycles. The molecule has 128 valence electrons. The Kier molecular flexibility index (Phi) is 4.80. The fourth-order valence-electron chi connectivity index (χ4n) is 2.99. The average molecular weight is 330 g/mol. The van der Waals surface area contributed by atoms with Gasteiger partial charge in [-0.1, -0.05) is 0 Å². The van der Waals surface area contributed by atoms with Crippen molar-refractivity contribution < 1.29 is 14.3 Å². The second kappa shape index (κ2) is 7.00. The lowest BCUT2D eigenvalue weighted by Gasteiger charge is -2.21. The lowest BCUT2D eigenvalue weighted by molar-refractivity contribution is 0.0786. The highest BCUT2D eigenvalue weighted by Gasteiger charge is 2.33. The second-order valence-electron chi connectivity index (χ2n) is 5.74. The van der Waals surface area contributed by atoms with Crippen molar-refractivity contribution in [3.05, 3.63) is 41.3 Å². The minimum Gasteiger partial charge on any atom is -0.480 e. The van der Waals surface area contributed by atoms with Crippen LogP contribution in [0.25, 0.3) is 0 Å². The van der Waals surface area contributed by atoms with E-state index in [1.54, 1.807) is 18.3 Å². The van der Waals surface area contributed by atoms with Gasteiger partial charge in [-0.05, 0) is 38.5 Å². The highest BCUT2D eigenvalue weighted by molar-refractivity contribution is 5.96. The Balaban J connectivity index is 1.79. The first-order valence-electron chi connectivity index (χ1n) is 8.09. The van der Waals surface area contributed by atoms with Crippen LogP contribution in [0.3, 0.4) is 0 Å². The van der Waals surface area contributed by atoms with Crippen molar-refractivity contribution in [2.45, 2.75) is 39.0 Å². The largest absolute Gasteiger partial charge is 0.480 e. The zero-order valence-electron chi connectivity index (χ0n) is 14.2. The van der Waals surface area contributed by atoms with Crippen LogP contribution in [0.1, 0.15) is 41.2 Å². The highest BCUT2D eigenvalue weighted by Crippen LogP contribution is 2.29. The Bertz CT molecular complexity index is 728. The molecular weight excluding hydrogens is 308 g/mol. The predicted octanol–water partition coefficient (Wildman–Crippen LogP) is 1.88. The Morgan fingerprint density at radius 1 is 1.46 bits per heavy atom. The highest BCUT2D eigenvalue weighted by atomic mass is 16.5. The van der Waals surface area contributed by atoms with E-state index in [2.05, 4.69) is 15.4 Å². The van der Waals surface area contributed by atoms with E-state index in [0.29, 0.717) is 18.1 Å². The van der Waals surface area contributed by atoms with Crippen LogP contribution in [0.4, 0.5) is 0 Å². The first-order valence-corrected chi connectivity index (χ1v) is 8.09. The number of aromatic nitrogens is 3. The fourth-order valence-corrected chi connectivity index (χ4v) is 2.99. The SMILES string of the molecule is CCn1nccc1[C@H]1OCC[C@@H]1NC(=O)c1ccc(C)nc1OC. The number of pyridine rings is 1. The van der Waals surface area contributed by atoms with E-state index in [1.165, 1.54) is 7.11 Å². The molecule has 7 nitrogen and oxygen atoms in total. The molecule has 1 N–H and O–H groups in total. The van der Waals surface area contributed by atoms with Crippen molar-refractivity contribution >= 4 is 5.91 Å². The smallest absolute Gasteiger partial charge is 0.257 e. The van der Waals surface area contributed by atoms with E-state index < -0.39 is 0 Å². The molecule has 0 spiro atoms. The maximum Gasteiger partial charge on any atom is 0.257 e. The van der Waals surface area contributed by atoms with Crippen molar-refractivity contribution in [1.29, 1.82) is 0 Å². The number of ether oxygens (including phenoxy) is 2. The summed E-state index contributed by atoms with van der Waals surface area (Å²) >= 11 is 0. The summed E-state index contributed by atoms with van der Waals surface area (Å²) in [6.45, 7) is 5.26. The fraction of sp³-hybridized carbons (Fsp3) is 0.471. The molecule has 1 fully saturated rings. The minimum atomic E-state index is -0.206. The lowest BCUT2D eigenvalue weighted by atomic mass is 10.1. The molecule has 0 bridgehead atoms. The maximum atomic E-state index is 12.7. The maximum absolute atomic E-state index is 12.7. The van der Waals surface area contributed by atoms with Crippen LogP contribution in [0.15, 0.2) is 24.4 Å². The third kappa shape index (κ3) is 3.12. The van der Waals surface area contributed by atoms with Crippen LogP contribution >= 0.6 is 0 Å². The van der Waals surface area contributed by atoms with Crippen molar-refractivity contribution in [2.24, 2.45) is 0 Å². The average Bonchev–Trinajstić information content (AvgIpc) is 3.22. The third-order valence-electron chi connectivity index (χ3n) is 4.19. The van der Waals surface area contributed by atoms with Crippen LogP contribution in [0.5, 0.6) is 5.88 Å². The van der Waals surface area contributed by atoms with E-state index in [4.69, 9.17) is 9.47 Å². The third-order valence-corrected chi connectivity index (χ3v) is 4.19. The van der Waals surface area contributed by atoms with E-state index >= 15 is 0 Å². The molecule has 1 aliphatic rings. The van der Waals surface area contributed by atoms with Gasteiger partial charge in [-0.3, -0.25) is 9.48 Å². The van der Waals surface area contributed by atoms with Crippen LogP contribution in [-0.4, -0.2) is 40.4 Å². The Morgan fingerprint density at radius 3 is 3.04 bits per heavy atom. The number of carbonyl (C=O) groups excluding carboxylic acids is 1. The van der Waals surface area contributed by atoms with Gasteiger partial charge in [-0.25, -0.2) is 4.98 Å². The number of methoxy groups -OCH3 is 1. The molecule has 0 aromatic carbocycles. The van der Waals surface area contributed by atoms with Crippen LogP contribution in [0, 0.1) is 6.92 Å². The molecule has 7 heteroatoms. The number of amides is 1. The van der Waals surface area contributed by atoms with Gasteiger partial charge >= 0.3 is 0 Å². The molecule has 0 saturated carbocycles. The minimum absolute atomic E-state index is 0.106. The van der Waals surface area contributed by atoms with Gasteiger partial charge in [-0.2, -0.15) is 5.10 Å². The van der Waals surface area contributed by atoms with E-state index in [9.17, 15) is 4.79 Å². The Labute approximate surface area is 141 Å². The van der Waals surface area contributed by atoms with E-state index in [-0.39, 0.29) is 18.1 Å². The molecule has 0 radical (unpaired) electrons. The number of hydrogen-bond acceptors (Lipinski definition) is 5. The molecule has 3 rings (SSSR count). The summed E-state index contributed by atoms with van der Waals surface area (Å²) in [5.74, 6) is 0.129. The second-order valence-corrected chi connectivity index (χ2v) is 5.74. The number of hydrogen-bond donors (Lipinski definition) is 1. The van der Waals surface area contributed by atoms with Gasteiger partial charge in [0, 0.05) is 25.0 Å². The first kappa shape index (κ1) is 16.4. The summed E-state index contributed by atoms with van der Waals surface area (Å²) in [4.78, 5) is 16.9. The number of nitrogens with zero attached hydrogens (tertiary/aromatic N) is 3. The van der Waals surface area contributed by atoms with E-state index in [0.717, 1.165) is 24.4 Å². The summed E-state index contributed by atoms with van der Waals surface area (Å²) in [7, 11) is 1.51.